The molecule has 0 saturated carbocycles. The predicted octanol–water partition coefficient (Wildman–Crippen LogP) is 6.32. The van der Waals surface area contributed by atoms with Crippen LogP contribution < -0.4 is 5.63 Å². The molecule has 0 saturated heterocycles. The van der Waals surface area contributed by atoms with E-state index in [4.69, 9.17) is 4.42 Å². The summed E-state index contributed by atoms with van der Waals surface area (Å²) in [7, 11) is 0. The third-order valence-corrected chi connectivity index (χ3v) is 6.62. The average molecular weight is 409 g/mol. The number of benzene rings is 2. The van der Waals surface area contributed by atoms with Crippen molar-refractivity contribution in [2.75, 3.05) is 5.75 Å². The van der Waals surface area contributed by atoms with Crippen LogP contribution in [0.5, 0.6) is 5.75 Å². The monoisotopic (exact) mass is 408 g/mol. The highest BCUT2D eigenvalue weighted by atomic mass is 32.2. The van der Waals surface area contributed by atoms with E-state index >= 15 is 0 Å². The molecule has 0 aliphatic carbocycles. The zero-order chi connectivity index (χ0) is 21.3. The molecule has 0 amide bonds. The van der Waals surface area contributed by atoms with Crippen LogP contribution in [-0.4, -0.2) is 10.9 Å². The number of thioether (sulfide) groups is 1. The second kappa shape index (κ2) is 8.11. The Labute approximate surface area is 176 Å². The van der Waals surface area contributed by atoms with E-state index in [0.717, 1.165) is 32.9 Å². The van der Waals surface area contributed by atoms with E-state index in [9.17, 15) is 9.90 Å². The van der Waals surface area contributed by atoms with E-state index in [1.54, 1.807) is 17.8 Å². The minimum Gasteiger partial charge on any atom is -0.507 e. The zero-order valence-corrected chi connectivity index (χ0v) is 18.7. The maximum absolute atomic E-state index is 12.9. The van der Waals surface area contributed by atoms with E-state index in [2.05, 4.69) is 31.2 Å². The van der Waals surface area contributed by atoms with Crippen LogP contribution in [0.1, 0.15) is 41.9 Å². The molecule has 3 aromatic rings. The first kappa shape index (κ1) is 21.3. The first-order chi connectivity index (χ1) is 13.6. The van der Waals surface area contributed by atoms with Gasteiger partial charge in [-0.25, -0.2) is 4.79 Å². The molecule has 4 heteroatoms. The smallest absolute Gasteiger partial charge is 0.347 e. The molecular formula is C25H28O3S. The lowest BCUT2D eigenvalue weighted by Crippen LogP contribution is -2.23. The van der Waals surface area contributed by atoms with Crippen molar-refractivity contribution in [1.82, 2.24) is 0 Å². The van der Waals surface area contributed by atoms with Crippen molar-refractivity contribution < 1.29 is 9.52 Å². The van der Waals surface area contributed by atoms with Gasteiger partial charge in [0.15, 0.2) is 0 Å². The van der Waals surface area contributed by atoms with Gasteiger partial charge in [0.25, 0.3) is 0 Å². The van der Waals surface area contributed by atoms with E-state index < -0.39 is 11.0 Å². The molecule has 0 bridgehead atoms. The Balaban J connectivity index is 1.94. The van der Waals surface area contributed by atoms with Crippen molar-refractivity contribution in [1.29, 1.82) is 0 Å². The summed E-state index contributed by atoms with van der Waals surface area (Å²) < 4.78 is 5.73. The van der Waals surface area contributed by atoms with Crippen molar-refractivity contribution in [3.8, 4) is 16.9 Å². The average Bonchev–Trinajstić information content (AvgIpc) is 2.62. The largest absolute Gasteiger partial charge is 0.507 e. The van der Waals surface area contributed by atoms with E-state index in [1.165, 1.54) is 5.56 Å². The van der Waals surface area contributed by atoms with Gasteiger partial charge in [0.1, 0.15) is 17.1 Å². The molecule has 2 aromatic carbocycles. The lowest BCUT2D eigenvalue weighted by molar-refractivity contribution is 0.369. The van der Waals surface area contributed by atoms with Crippen molar-refractivity contribution in [2.24, 2.45) is 0 Å². The number of aromatic hydroxyl groups is 1. The van der Waals surface area contributed by atoms with Crippen LogP contribution in [-0.2, 0) is 5.41 Å². The fraction of sp³-hybridized carbons (Fsp3) is 0.320. The lowest BCUT2D eigenvalue weighted by atomic mass is 9.90. The predicted molar refractivity (Wildman–Crippen MR) is 121 cm³/mol. The zero-order valence-electron chi connectivity index (χ0n) is 17.9. The number of rotatable bonds is 5. The van der Waals surface area contributed by atoms with Gasteiger partial charge in [0.05, 0.1) is 0 Å². The van der Waals surface area contributed by atoms with Crippen LogP contribution in [0, 0.1) is 27.7 Å². The van der Waals surface area contributed by atoms with Crippen LogP contribution in [0.3, 0.4) is 0 Å². The Bertz CT molecular complexity index is 1070. The summed E-state index contributed by atoms with van der Waals surface area (Å²) in [6.45, 7) is 12.0. The highest BCUT2D eigenvalue weighted by molar-refractivity contribution is 7.99. The van der Waals surface area contributed by atoms with Crippen LogP contribution in [0.15, 0.2) is 56.6 Å². The molecule has 0 fully saturated rings. The summed E-state index contributed by atoms with van der Waals surface area (Å²) in [6, 6.07) is 14.0. The molecule has 1 aromatic heterocycles. The fourth-order valence-corrected chi connectivity index (χ4v) is 4.59. The Hall–Kier alpha value is -2.46. The number of hydrogen-bond acceptors (Lipinski definition) is 4. The van der Waals surface area contributed by atoms with Gasteiger partial charge in [-0.1, -0.05) is 49.2 Å². The Morgan fingerprint density at radius 3 is 2.03 bits per heavy atom. The van der Waals surface area contributed by atoms with E-state index in [-0.39, 0.29) is 11.3 Å². The summed E-state index contributed by atoms with van der Waals surface area (Å²) in [5, 5.41) is 10.8. The van der Waals surface area contributed by atoms with Crippen molar-refractivity contribution in [3.05, 3.63) is 80.9 Å². The van der Waals surface area contributed by atoms with Crippen molar-refractivity contribution >= 4 is 11.8 Å². The van der Waals surface area contributed by atoms with Gasteiger partial charge in [-0.3, -0.25) is 0 Å². The molecular weight excluding hydrogens is 380 g/mol. The molecule has 3 rings (SSSR count). The van der Waals surface area contributed by atoms with Crippen LogP contribution >= 0.6 is 11.8 Å². The Morgan fingerprint density at radius 2 is 1.48 bits per heavy atom. The summed E-state index contributed by atoms with van der Waals surface area (Å²) in [6.07, 6.45) is 0. The van der Waals surface area contributed by atoms with Gasteiger partial charge in [0, 0.05) is 22.1 Å². The summed E-state index contributed by atoms with van der Waals surface area (Å²) in [5.41, 5.74) is 4.33. The topological polar surface area (TPSA) is 50.4 Å². The summed E-state index contributed by atoms with van der Waals surface area (Å²) in [4.78, 5) is 14.0. The van der Waals surface area contributed by atoms with E-state index in [0.29, 0.717) is 5.76 Å². The summed E-state index contributed by atoms with van der Waals surface area (Å²) >= 11 is 1.71. The van der Waals surface area contributed by atoms with Gasteiger partial charge >= 0.3 is 5.63 Å². The SMILES string of the molecule is Cc1ccc(SCC(C)(C)c2cc(O)c(-c3c(C)cc(C)cc3C)c(=O)o2)cc1. The molecule has 0 spiro atoms. The van der Waals surface area contributed by atoms with Crippen molar-refractivity contribution in [3.63, 3.8) is 0 Å². The molecule has 0 aliphatic rings. The molecule has 0 aliphatic heterocycles. The van der Waals surface area contributed by atoms with Gasteiger partial charge < -0.3 is 9.52 Å². The highest BCUT2D eigenvalue weighted by Gasteiger charge is 2.27. The maximum atomic E-state index is 12.9. The third kappa shape index (κ3) is 4.59. The number of aryl methyl sites for hydroxylation is 4. The van der Waals surface area contributed by atoms with E-state index in [1.807, 2.05) is 46.8 Å². The lowest BCUT2D eigenvalue weighted by Gasteiger charge is -2.23. The molecule has 0 unspecified atom stereocenters. The Morgan fingerprint density at radius 1 is 0.897 bits per heavy atom. The standard InChI is InChI=1S/C25H28O3S/c1-15-7-9-19(10-8-15)29-14-25(5,6)21-13-20(26)23(24(27)28-21)22-17(3)11-16(2)12-18(22)4/h7-13,26H,14H2,1-6H3. The number of hydrogen-bond donors (Lipinski definition) is 1. The van der Waals surface area contributed by atoms with Crippen LogP contribution in [0.25, 0.3) is 11.1 Å². The van der Waals surface area contributed by atoms with Gasteiger partial charge in [-0.2, -0.15) is 0 Å². The first-order valence-corrected chi connectivity index (χ1v) is 10.7. The normalized spacial score (nSPS) is 11.7. The summed E-state index contributed by atoms with van der Waals surface area (Å²) in [5.74, 6) is 1.19. The second-order valence-corrected chi connectivity index (χ2v) is 9.47. The Kier molecular flexibility index (Phi) is 5.95. The van der Waals surface area contributed by atoms with Crippen molar-refractivity contribution in [2.45, 2.75) is 51.9 Å². The molecule has 3 nitrogen and oxygen atoms in total. The van der Waals surface area contributed by atoms with Gasteiger partial charge in [-0.15, -0.1) is 11.8 Å². The molecule has 29 heavy (non-hydrogen) atoms. The van der Waals surface area contributed by atoms with Gasteiger partial charge in [-0.05, 0) is 56.5 Å². The second-order valence-electron chi connectivity index (χ2n) is 8.42. The molecule has 1 N–H and O–H groups in total. The quantitative estimate of drug-likeness (QED) is 0.502. The molecule has 0 atom stereocenters. The van der Waals surface area contributed by atoms with Gasteiger partial charge in [0.2, 0.25) is 0 Å². The molecule has 152 valence electrons. The molecule has 1 heterocycles. The fourth-order valence-electron chi connectivity index (χ4n) is 3.59. The van der Waals surface area contributed by atoms with Crippen LogP contribution in [0.2, 0.25) is 0 Å². The van der Waals surface area contributed by atoms with Crippen LogP contribution in [0.4, 0.5) is 0 Å². The highest BCUT2D eigenvalue weighted by Crippen LogP contribution is 2.37. The first-order valence-electron chi connectivity index (χ1n) is 9.74. The minimum atomic E-state index is -0.497. The third-order valence-electron chi connectivity index (χ3n) is 5.15. The maximum Gasteiger partial charge on any atom is 0.347 e. The minimum absolute atomic E-state index is 0.0280. The molecule has 0 radical (unpaired) electrons.